The van der Waals surface area contributed by atoms with Crippen molar-refractivity contribution in [2.24, 2.45) is 11.8 Å². The molecule has 3 fully saturated rings. The zero-order valence-corrected chi connectivity index (χ0v) is 42.2. The largest absolute Gasteiger partial charge is 0.453 e. The number of likely N-dealkylation sites (tertiary alicyclic amines) is 1. The second kappa shape index (κ2) is 22.4. The molecule has 0 bridgehead atoms. The summed E-state index contributed by atoms with van der Waals surface area (Å²) >= 11 is 0. The van der Waals surface area contributed by atoms with Crippen LogP contribution in [0.1, 0.15) is 77.0 Å². The van der Waals surface area contributed by atoms with Gasteiger partial charge in [-0.15, -0.1) is 0 Å². The van der Waals surface area contributed by atoms with Gasteiger partial charge in [-0.05, 0) is 102 Å². The third-order valence-corrected chi connectivity index (χ3v) is 16.0. The van der Waals surface area contributed by atoms with Gasteiger partial charge in [0.1, 0.15) is 24.2 Å². The number of hydrogen-bond donors (Lipinski definition) is 4. The lowest BCUT2D eigenvalue weighted by Gasteiger charge is -2.34. The maximum absolute atomic E-state index is 14.2. The van der Waals surface area contributed by atoms with Crippen molar-refractivity contribution in [1.82, 2.24) is 20.4 Å². The van der Waals surface area contributed by atoms with Gasteiger partial charge in [-0.1, -0.05) is 84.1 Å². The van der Waals surface area contributed by atoms with Gasteiger partial charge < -0.3 is 50.2 Å². The van der Waals surface area contributed by atoms with Crippen LogP contribution in [0.4, 0.5) is 26.7 Å². The Balaban J connectivity index is 1.14. The molecule has 17 heteroatoms. The van der Waals surface area contributed by atoms with Crippen molar-refractivity contribution in [3.63, 3.8) is 0 Å². The predicted molar refractivity (Wildman–Crippen MR) is 265 cm³/mol. The van der Waals surface area contributed by atoms with E-state index >= 15 is 0 Å². The van der Waals surface area contributed by atoms with Crippen LogP contribution < -0.4 is 26.2 Å². The molecule has 6 rings (SSSR count). The van der Waals surface area contributed by atoms with Gasteiger partial charge in [0.25, 0.3) is 0 Å². The second-order valence-electron chi connectivity index (χ2n) is 20.5. The molecule has 3 aliphatic heterocycles. The first kappa shape index (κ1) is 51.4. The number of hydrogen-bond acceptors (Lipinski definition) is 10. The Hall–Kier alpha value is -5.94. The average molecular weight is 954 g/mol. The quantitative estimate of drug-likeness (QED) is 0.115. The van der Waals surface area contributed by atoms with Gasteiger partial charge in [-0.25, -0.2) is 9.59 Å². The van der Waals surface area contributed by atoms with E-state index in [0.29, 0.717) is 82.1 Å². The van der Waals surface area contributed by atoms with E-state index in [2.05, 4.69) is 84.3 Å². The van der Waals surface area contributed by atoms with Gasteiger partial charge in [0.2, 0.25) is 23.6 Å². The molecule has 4 atom stereocenters. The molecule has 3 aromatic rings. The number of benzene rings is 3. The number of ether oxygens (including phenoxy) is 3. The summed E-state index contributed by atoms with van der Waals surface area (Å²) in [6.07, 6.45) is 1.57. The summed E-state index contributed by atoms with van der Waals surface area (Å²) in [5, 5.41) is 11.5. The Bertz CT molecular complexity index is 2240. The number of nitrogens with zero attached hydrogens (tertiary/aromatic N) is 3. The van der Waals surface area contributed by atoms with Crippen LogP contribution in [0.15, 0.2) is 72.8 Å². The van der Waals surface area contributed by atoms with Gasteiger partial charge in [-0.2, -0.15) is 0 Å². The van der Waals surface area contributed by atoms with Gasteiger partial charge >= 0.3 is 12.2 Å². The third kappa shape index (κ3) is 13.2. The Morgan fingerprint density at radius 1 is 0.721 bits per heavy atom. The number of rotatable bonds is 15. The topological polar surface area (TPSA) is 188 Å². The van der Waals surface area contributed by atoms with Crippen molar-refractivity contribution in [3.8, 4) is 0 Å². The fourth-order valence-corrected chi connectivity index (χ4v) is 12.3. The van der Waals surface area contributed by atoms with Crippen LogP contribution in [-0.2, 0) is 51.9 Å². The Morgan fingerprint density at radius 3 is 1.76 bits per heavy atom. The van der Waals surface area contributed by atoms with E-state index in [1.54, 1.807) is 9.80 Å². The number of carbonyl (C=O) groups excluding carboxylic acids is 6. The maximum atomic E-state index is 14.2. The van der Waals surface area contributed by atoms with E-state index in [1.165, 1.54) is 19.8 Å². The van der Waals surface area contributed by atoms with Crippen molar-refractivity contribution >= 4 is 61.0 Å². The van der Waals surface area contributed by atoms with E-state index < -0.39 is 44.4 Å². The van der Waals surface area contributed by atoms with Crippen molar-refractivity contribution < 1.29 is 43.0 Å². The fourth-order valence-electron chi connectivity index (χ4n) is 9.40. The molecule has 3 saturated heterocycles. The second-order valence-corrected chi connectivity index (χ2v) is 25.5. The monoisotopic (exact) mass is 954 g/mol. The fraction of sp³-hybridized carbons (Fsp3) is 0.529. The minimum absolute atomic E-state index is 0.0178. The first-order chi connectivity index (χ1) is 32.3. The molecule has 0 radical (unpaired) electrons. The lowest BCUT2D eigenvalue weighted by molar-refractivity contribution is -0.140. The molecule has 3 aliphatic rings. The van der Waals surface area contributed by atoms with Gasteiger partial charge in [-0.3, -0.25) is 19.2 Å². The van der Waals surface area contributed by atoms with E-state index in [9.17, 15) is 28.8 Å². The normalized spacial score (nSPS) is 19.1. The smallest absolute Gasteiger partial charge is 0.407 e. The molecule has 0 aliphatic carbocycles. The van der Waals surface area contributed by atoms with E-state index in [1.807, 2.05) is 62.4 Å². The highest BCUT2D eigenvalue weighted by atomic mass is 28.3. The van der Waals surface area contributed by atoms with E-state index in [-0.39, 0.29) is 40.9 Å². The summed E-state index contributed by atoms with van der Waals surface area (Å²) in [7, 11) is 0.554. The zero-order chi connectivity index (χ0) is 49.3. The van der Waals surface area contributed by atoms with Crippen LogP contribution in [0.2, 0.25) is 19.1 Å². The van der Waals surface area contributed by atoms with Crippen LogP contribution in [0.5, 0.6) is 0 Å². The summed E-state index contributed by atoms with van der Waals surface area (Å²) in [4.78, 5) is 85.3. The van der Waals surface area contributed by atoms with E-state index in [4.69, 9.17) is 14.2 Å². The lowest BCUT2D eigenvalue weighted by atomic mass is 9.87. The highest BCUT2D eigenvalue weighted by Crippen LogP contribution is 2.32. The standard InChI is InChI=1S/C51H71N7O9Si/c1-33(2)43(54-49(63)65-6)47(61)57-26-10-11-41(57)45(59)52-38-18-12-34(13-19-38)29-56(40-22-16-37(17-23-40)51(3,4)5)30-35-14-20-39(21-15-35)53-46(60)42-31-68(8,9)32-58(42)48(62)44(55-50(64)66-7)36-24-27-67-28-25-36/h12-23,33,36,41-44H,10-11,24-32H2,1-9H3,(H,52,59)(H,53,60)(H,54,63)(H,55,64)/t41-,42-,43-,44-/m0/s1. The number of carbonyl (C=O) groups is 6. The lowest BCUT2D eigenvalue weighted by Crippen LogP contribution is -2.56. The van der Waals surface area contributed by atoms with Gasteiger partial charge in [0.15, 0.2) is 0 Å². The Labute approximate surface area is 402 Å². The summed E-state index contributed by atoms with van der Waals surface area (Å²) in [6, 6.07) is 21.7. The van der Waals surface area contributed by atoms with Gasteiger partial charge in [0.05, 0.1) is 22.3 Å². The number of alkyl carbamates (subject to hydrolysis) is 2. The minimum Gasteiger partial charge on any atom is -0.453 e. The summed E-state index contributed by atoms with van der Waals surface area (Å²) < 4.78 is 15.2. The van der Waals surface area contributed by atoms with Crippen LogP contribution in [-0.4, -0.2) is 118 Å². The summed E-state index contributed by atoms with van der Waals surface area (Å²) in [5.41, 5.74) is 5.49. The van der Waals surface area contributed by atoms with Crippen molar-refractivity contribution in [3.05, 3.63) is 89.5 Å². The van der Waals surface area contributed by atoms with Crippen LogP contribution in [0.25, 0.3) is 0 Å². The molecule has 3 heterocycles. The molecular weight excluding hydrogens is 883 g/mol. The first-order valence-electron chi connectivity index (χ1n) is 23.8. The van der Waals surface area contributed by atoms with Crippen LogP contribution in [0, 0.1) is 11.8 Å². The minimum atomic E-state index is -1.97. The molecule has 16 nitrogen and oxygen atoms in total. The SMILES string of the molecule is COC(=O)N[C@H](C(=O)N1CCC[C@H]1C(=O)Nc1ccc(CN(Cc2ccc(NC(=O)[C@@H]3C[Si](C)(C)CN3C(=O)[C@@H](NC(=O)OC)C3CCOCC3)cc2)c2ccc(C(C)(C)C)cc2)cc1)C(C)C. The number of nitrogens with one attached hydrogen (secondary N) is 4. The molecule has 6 amide bonds. The highest BCUT2D eigenvalue weighted by molar-refractivity contribution is 6.79. The van der Waals surface area contributed by atoms with Gasteiger partial charge in [0, 0.05) is 56.1 Å². The summed E-state index contributed by atoms with van der Waals surface area (Å²) in [6.45, 7) is 17.1. The first-order valence-corrected chi connectivity index (χ1v) is 27.2. The molecule has 0 spiro atoms. The molecular formula is C51H71N7O9Si. The number of amides is 6. The summed E-state index contributed by atoms with van der Waals surface area (Å²) in [5.74, 6) is -1.44. The number of methoxy groups -OCH3 is 2. The van der Waals surface area contributed by atoms with Crippen molar-refractivity contribution in [2.75, 3.05) is 55.7 Å². The van der Waals surface area contributed by atoms with Crippen molar-refractivity contribution in [2.45, 2.75) is 122 Å². The van der Waals surface area contributed by atoms with Crippen LogP contribution >= 0.6 is 0 Å². The maximum Gasteiger partial charge on any atom is 0.407 e. The van der Waals surface area contributed by atoms with E-state index in [0.717, 1.165) is 16.8 Å². The predicted octanol–water partition coefficient (Wildman–Crippen LogP) is 7.05. The highest BCUT2D eigenvalue weighted by Gasteiger charge is 2.48. The van der Waals surface area contributed by atoms with Crippen LogP contribution in [0.3, 0.4) is 0 Å². The third-order valence-electron chi connectivity index (χ3n) is 13.3. The number of anilines is 3. The Kier molecular flexibility index (Phi) is 17.0. The molecule has 3 aromatic carbocycles. The average Bonchev–Trinajstić information content (AvgIpc) is 3.95. The molecule has 368 valence electrons. The molecule has 0 saturated carbocycles. The molecule has 4 N–H and O–H groups in total. The molecule has 0 unspecified atom stereocenters. The van der Waals surface area contributed by atoms with Crippen molar-refractivity contribution in [1.29, 1.82) is 0 Å². The zero-order valence-electron chi connectivity index (χ0n) is 41.2. The molecule has 0 aromatic heterocycles. The molecule has 68 heavy (non-hydrogen) atoms. The Morgan fingerprint density at radius 2 is 1.25 bits per heavy atom.